The third-order valence-electron chi connectivity index (χ3n) is 2.92. The molecule has 0 fully saturated rings. The van der Waals surface area contributed by atoms with Crippen LogP contribution in [0.3, 0.4) is 0 Å². The molecule has 0 aliphatic carbocycles. The Balaban J connectivity index is 2.18. The van der Waals surface area contributed by atoms with E-state index in [1.165, 1.54) is 11.3 Å². The summed E-state index contributed by atoms with van der Waals surface area (Å²) in [6.45, 7) is 2.82. The number of rotatable bonds is 4. The Kier molecular flexibility index (Phi) is 4.99. The average Bonchev–Trinajstić information content (AvgIpc) is 2.38. The van der Waals surface area contributed by atoms with E-state index in [2.05, 4.69) is 79.1 Å². The third kappa shape index (κ3) is 3.80. The molecule has 0 N–H and O–H groups in total. The summed E-state index contributed by atoms with van der Waals surface area (Å²) in [5.74, 6) is 0. The highest BCUT2D eigenvalue weighted by atomic mass is 79.9. The molecular formula is C15H16Br2N2. The maximum absolute atomic E-state index is 4.54. The van der Waals surface area contributed by atoms with Gasteiger partial charge in [-0.3, -0.25) is 4.98 Å². The summed E-state index contributed by atoms with van der Waals surface area (Å²) in [5.41, 5.74) is 4.57. The smallest absolute Gasteiger partial charge is 0.0600 e. The second-order valence-corrected chi connectivity index (χ2v) is 5.96. The first-order chi connectivity index (χ1) is 9.10. The fraction of sp³-hybridized carbons (Fsp3) is 0.267. The highest BCUT2D eigenvalue weighted by Crippen LogP contribution is 2.28. The van der Waals surface area contributed by atoms with Gasteiger partial charge in [-0.2, -0.15) is 0 Å². The lowest BCUT2D eigenvalue weighted by Crippen LogP contribution is -2.17. The molecule has 0 bridgehead atoms. The van der Waals surface area contributed by atoms with Crippen molar-refractivity contribution in [1.82, 2.24) is 4.98 Å². The molecule has 19 heavy (non-hydrogen) atoms. The minimum atomic E-state index is 0.800. The summed E-state index contributed by atoms with van der Waals surface area (Å²) in [4.78, 5) is 6.74. The van der Waals surface area contributed by atoms with Gasteiger partial charge in [-0.25, -0.2) is 0 Å². The highest BCUT2D eigenvalue weighted by Gasteiger charge is 2.08. The molecule has 2 aromatic rings. The van der Waals surface area contributed by atoms with Gasteiger partial charge < -0.3 is 4.90 Å². The van der Waals surface area contributed by atoms with E-state index in [0.717, 1.165) is 27.7 Å². The number of hydrogen-bond acceptors (Lipinski definition) is 2. The molecule has 1 heterocycles. The van der Waals surface area contributed by atoms with Gasteiger partial charge in [-0.05, 0) is 52.7 Å². The molecule has 1 aromatic carbocycles. The van der Waals surface area contributed by atoms with Crippen molar-refractivity contribution in [3.63, 3.8) is 0 Å². The number of hydrogen-bond donors (Lipinski definition) is 0. The molecule has 0 unspecified atom stereocenters. The second kappa shape index (κ2) is 6.53. The zero-order valence-corrected chi connectivity index (χ0v) is 14.2. The molecule has 2 nitrogen and oxygen atoms in total. The molecule has 100 valence electrons. The van der Waals surface area contributed by atoms with Gasteiger partial charge in [-0.15, -0.1) is 0 Å². The zero-order chi connectivity index (χ0) is 13.8. The van der Waals surface area contributed by atoms with E-state index in [9.17, 15) is 0 Å². The highest BCUT2D eigenvalue weighted by molar-refractivity contribution is 9.10. The van der Waals surface area contributed by atoms with Gasteiger partial charge in [0, 0.05) is 22.5 Å². The normalized spacial score (nSPS) is 10.5. The minimum absolute atomic E-state index is 0.800. The number of aromatic nitrogens is 1. The molecule has 0 saturated carbocycles. The van der Waals surface area contributed by atoms with Crippen molar-refractivity contribution >= 4 is 37.5 Å². The summed E-state index contributed by atoms with van der Waals surface area (Å²) < 4.78 is 1.11. The fourth-order valence-corrected chi connectivity index (χ4v) is 3.04. The van der Waals surface area contributed by atoms with Gasteiger partial charge in [0.15, 0.2) is 0 Å². The lowest BCUT2D eigenvalue weighted by molar-refractivity contribution is 0.874. The van der Waals surface area contributed by atoms with Crippen LogP contribution in [-0.4, -0.2) is 12.0 Å². The average molecular weight is 384 g/mol. The van der Waals surface area contributed by atoms with E-state index >= 15 is 0 Å². The number of pyridine rings is 1. The van der Waals surface area contributed by atoms with E-state index < -0.39 is 0 Å². The molecule has 0 atom stereocenters. The maximum atomic E-state index is 4.54. The third-order valence-corrected chi connectivity index (χ3v) is 4.21. The molecule has 2 rings (SSSR count). The first kappa shape index (κ1) is 14.5. The summed E-state index contributed by atoms with van der Waals surface area (Å²) in [7, 11) is 2.08. The molecular weight excluding hydrogens is 368 g/mol. The largest absolute Gasteiger partial charge is 0.368 e. The predicted molar refractivity (Wildman–Crippen MR) is 87.9 cm³/mol. The number of alkyl halides is 1. The Morgan fingerprint density at radius 2 is 2.00 bits per heavy atom. The second-order valence-electron chi connectivity index (χ2n) is 4.55. The monoisotopic (exact) mass is 382 g/mol. The Morgan fingerprint density at radius 3 is 2.63 bits per heavy atom. The Labute approximate surface area is 131 Å². The van der Waals surface area contributed by atoms with E-state index in [4.69, 9.17) is 0 Å². The first-order valence-electron chi connectivity index (χ1n) is 6.08. The van der Waals surface area contributed by atoms with Gasteiger partial charge >= 0.3 is 0 Å². The van der Waals surface area contributed by atoms with E-state index in [1.807, 2.05) is 13.0 Å². The van der Waals surface area contributed by atoms with Crippen LogP contribution in [0.25, 0.3) is 0 Å². The van der Waals surface area contributed by atoms with Gasteiger partial charge in [0.1, 0.15) is 0 Å². The van der Waals surface area contributed by atoms with Gasteiger partial charge in [0.25, 0.3) is 0 Å². The Hall–Kier alpha value is -0.870. The Bertz CT molecular complexity index is 570. The van der Waals surface area contributed by atoms with Crippen LogP contribution < -0.4 is 4.90 Å². The van der Waals surface area contributed by atoms with Crippen molar-refractivity contribution in [3.8, 4) is 0 Å². The molecule has 4 heteroatoms. The number of anilines is 1. The molecule has 0 aliphatic heterocycles. The Morgan fingerprint density at radius 1 is 1.21 bits per heavy atom. The van der Waals surface area contributed by atoms with Crippen LogP contribution in [0.4, 0.5) is 5.69 Å². The van der Waals surface area contributed by atoms with Crippen LogP contribution in [-0.2, 0) is 11.9 Å². The van der Waals surface area contributed by atoms with Crippen LogP contribution in [0.1, 0.15) is 17.0 Å². The molecule has 0 aliphatic rings. The number of halogens is 2. The predicted octanol–water partition coefficient (Wildman–Crippen LogP) is 4.68. The zero-order valence-electron chi connectivity index (χ0n) is 11.0. The molecule has 0 radical (unpaired) electrons. The van der Waals surface area contributed by atoms with E-state index in [1.54, 1.807) is 0 Å². The minimum Gasteiger partial charge on any atom is -0.368 e. The lowest BCUT2D eigenvalue weighted by atomic mass is 10.2. The topological polar surface area (TPSA) is 16.1 Å². The summed E-state index contributed by atoms with van der Waals surface area (Å²) >= 11 is 7.10. The number of nitrogens with zero attached hydrogens (tertiary/aromatic N) is 2. The van der Waals surface area contributed by atoms with Crippen LogP contribution in [0.2, 0.25) is 0 Å². The maximum Gasteiger partial charge on any atom is 0.0600 e. The van der Waals surface area contributed by atoms with Gasteiger partial charge in [0.05, 0.1) is 17.9 Å². The van der Waals surface area contributed by atoms with Crippen LogP contribution in [0.5, 0.6) is 0 Å². The molecule has 1 aromatic heterocycles. The molecule has 0 saturated heterocycles. The lowest BCUT2D eigenvalue weighted by Gasteiger charge is -2.21. The fourth-order valence-electron chi connectivity index (χ4n) is 1.96. The first-order valence-corrected chi connectivity index (χ1v) is 7.99. The van der Waals surface area contributed by atoms with Crippen molar-refractivity contribution in [2.45, 2.75) is 18.8 Å². The SMILES string of the molecule is Cc1cccc(CN(C)c2ccc(CBr)cc2Br)n1. The van der Waals surface area contributed by atoms with Crippen LogP contribution in [0, 0.1) is 6.92 Å². The molecule has 0 spiro atoms. The van der Waals surface area contributed by atoms with Crippen LogP contribution in [0.15, 0.2) is 40.9 Å². The van der Waals surface area contributed by atoms with E-state index in [0.29, 0.717) is 0 Å². The summed E-state index contributed by atoms with van der Waals surface area (Å²) in [5, 5.41) is 0.870. The summed E-state index contributed by atoms with van der Waals surface area (Å²) in [6.07, 6.45) is 0. The van der Waals surface area contributed by atoms with E-state index in [-0.39, 0.29) is 0 Å². The number of benzene rings is 1. The van der Waals surface area contributed by atoms with Crippen LogP contribution >= 0.6 is 31.9 Å². The van der Waals surface area contributed by atoms with Crippen molar-refractivity contribution in [1.29, 1.82) is 0 Å². The molecule has 0 amide bonds. The standard InChI is InChI=1S/C15H16Br2N2/c1-11-4-3-5-13(18-11)10-19(2)15-7-6-12(9-16)8-14(15)17/h3-8H,9-10H2,1-2H3. The van der Waals surface area contributed by atoms with Crippen molar-refractivity contribution in [2.75, 3.05) is 11.9 Å². The number of aryl methyl sites for hydroxylation is 1. The van der Waals surface area contributed by atoms with Gasteiger partial charge in [0.2, 0.25) is 0 Å². The van der Waals surface area contributed by atoms with Crippen molar-refractivity contribution in [3.05, 3.63) is 57.8 Å². The quantitative estimate of drug-likeness (QED) is 0.712. The summed E-state index contributed by atoms with van der Waals surface area (Å²) in [6, 6.07) is 12.5. The van der Waals surface area contributed by atoms with Crippen molar-refractivity contribution in [2.24, 2.45) is 0 Å². The van der Waals surface area contributed by atoms with Gasteiger partial charge in [-0.1, -0.05) is 28.1 Å². The van der Waals surface area contributed by atoms with Crippen molar-refractivity contribution < 1.29 is 0 Å².